The Morgan fingerprint density at radius 1 is 1.14 bits per heavy atom. The second-order valence-corrected chi connectivity index (χ2v) is 5.26. The number of aromatic nitrogens is 1. The van der Waals surface area contributed by atoms with Gasteiger partial charge in [0.1, 0.15) is 0 Å². The molecule has 21 heavy (non-hydrogen) atoms. The van der Waals surface area contributed by atoms with Crippen molar-refractivity contribution in [1.82, 2.24) is 4.98 Å². The number of hydrogen-bond donors (Lipinski definition) is 1. The quantitative estimate of drug-likeness (QED) is 0.570. The van der Waals surface area contributed by atoms with Gasteiger partial charge in [0.25, 0.3) is 0 Å². The Labute approximate surface area is 125 Å². The summed E-state index contributed by atoms with van der Waals surface area (Å²) in [6, 6.07) is 14.7. The van der Waals surface area contributed by atoms with Crippen molar-refractivity contribution in [3.63, 3.8) is 0 Å². The van der Waals surface area contributed by atoms with Crippen molar-refractivity contribution in [2.45, 2.75) is 0 Å². The molecule has 0 bridgehead atoms. The van der Waals surface area contributed by atoms with Crippen molar-refractivity contribution in [3.8, 4) is 10.4 Å². The van der Waals surface area contributed by atoms with Gasteiger partial charge in [0.15, 0.2) is 0 Å². The van der Waals surface area contributed by atoms with E-state index in [1.165, 1.54) is 12.3 Å². The second kappa shape index (κ2) is 5.72. The van der Waals surface area contributed by atoms with E-state index < -0.39 is 4.92 Å². The molecule has 5 nitrogen and oxygen atoms in total. The highest BCUT2D eigenvalue weighted by Crippen LogP contribution is 2.29. The van der Waals surface area contributed by atoms with Crippen LogP contribution in [0, 0.1) is 10.1 Å². The molecule has 104 valence electrons. The molecule has 0 spiro atoms. The smallest absolute Gasteiger partial charge is 0.311 e. The fourth-order valence-electron chi connectivity index (χ4n) is 1.97. The first-order valence-corrected chi connectivity index (χ1v) is 7.12. The zero-order valence-corrected chi connectivity index (χ0v) is 11.7. The zero-order valence-electron chi connectivity index (χ0n) is 10.9. The second-order valence-electron chi connectivity index (χ2n) is 4.31. The number of anilines is 2. The minimum Gasteiger partial charge on any atom is -0.334 e. The first-order chi connectivity index (χ1) is 10.2. The fraction of sp³-hybridized carbons (Fsp3) is 0. The van der Waals surface area contributed by atoms with Gasteiger partial charge in [-0.25, -0.2) is 4.98 Å². The standard InChI is InChI=1S/C15H11N3O2S/c19-18(20)13-6-2-8-16-15(13)17-12-5-1-4-11(10-12)14-7-3-9-21-14/h1-10H,(H,16,17). The zero-order chi connectivity index (χ0) is 14.7. The van der Waals surface area contributed by atoms with Crippen molar-refractivity contribution in [2.24, 2.45) is 0 Å². The van der Waals surface area contributed by atoms with Gasteiger partial charge in [-0.05, 0) is 35.2 Å². The van der Waals surface area contributed by atoms with Crippen molar-refractivity contribution in [2.75, 3.05) is 5.32 Å². The van der Waals surface area contributed by atoms with Gasteiger partial charge in [-0.15, -0.1) is 11.3 Å². The summed E-state index contributed by atoms with van der Waals surface area (Å²) in [5, 5.41) is 16.0. The van der Waals surface area contributed by atoms with Crippen LogP contribution in [0.3, 0.4) is 0 Å². The molecule has 0 unspecified atom stereocenters. The number of nitrogens with zero attached hydrogens (tertiary/aromatic N) is 2. The molecular weight excluding hydrogens is 286 g/mol. The number of hydrogen-bond acceptors (Lipinski definition) is 5. The maximum atomic E-state index is 11.0. The van der Waals surface area contributed by atoms with Gasteiger partial charge in [0.2, 0.25) is 5.82 Å². The Kier molecular flexibility index (Phi) is 3.61. The molecule has 0 aliphatic carbocycles. The lowest BCUT2D eigenvalue weighted by atomic mass is 10.1. The molecule has 0 aliphatic rings. The molecule has 1 aromatic carbocycles. The van der Waals surface area contributed by atoms with Crippen molar-refractivity contribution < 1.29 is 4.92 Å². The van der Waals surface area contributed by atoms with Crippen molar-refractivity contribution >= 4 is 28.5 Å². The molecule has 0 radical (unpaired) electrons. The van der Waals surface area contributed by atoms with Gasteiger partial charge < -0.3 is 5.32 Å². The number of nitro groups is 1. The molecular formula is C15H11N3O2S. The van der Waals surface area contributed by atoms with Gasteiger partial charge in [0.05, 0.1) is 4.92 Å². The lowest BCUT2D eigenvalue weighted by Gasteiger charge is -2.07. The van der Waals surface area contributed by atoms with Gasteiger partial charge in [-0.3, -0.25) is 10.1 Å². The number of benzene rings is 1. The summed E-state index contributed by atoms with van der Waals surface area (Å²) in [7, 11) is 0. The Bertz CT molecular complexity index is 772. The fourth-order valence-corrected chi connectivity index (χ4v) is 2.69. The summed E-state index contributed by atoms with van der Waals surface area (Å²) in [5.74, 6) is 0.242. The monoisotopic (exact) mass is 297 g/mol. The summed E-state index contributed by atoms with van der Waals surface area (Å²) in [5.41, 5.74) is 1.79. The molecule has 6 heteroatoms. The van der Waals surface area contributed by atoms with Crippen LogP contribution in [-0.4, -0.2) is 9.91 Å². The summed E-state index contributed by atoms with van der Waals surface area (Å²) >= 11 is 1.65. The van der Waals surface area contributed by atoms with Gasteiger partial charge >= 0.3 is 5.69 Å². The number of nitrogens with one attached hydrogen (secondary N) is 1. The van der Waals surface area contributed by atoms with Crippen LogP contribution in [0.1, 0.15) is 0 Å². The Morgan fingerprint density at radius 2 is 2.05 bits per heavy atom. The Hall–Kier alpha value is -2.73. The van der Waals surface area contributed by atoms with Crippen molar-refractivity contribution in [1.29, 1.82) is 0 Å². The minimum atomic E-state index is -0.446. The van der Waals surface area contributed by atoms with Crippen LogP contribution in [0.25, 0.3) is 10.4 Å². The van der Waals surface area contributed by atoms with Gasteiger partial charge in [-0.2, -0.15) is 0 Å². The molecule has 0 saturated carbocycles. The van der Waals surface area contributed by atoms with Crippen LogP contribution < -0.4 is 5.32 Å². The van der Waals surface area contributed by atoms with Crippen LogP contribution >= 0.6 is 11.3 Å². The maximum absolute atomic E-state index is 11.0. The highest BCUT2D eigenvalue weighted by Gasteiger charge is 2.14. The van der Waals surface area contributed by atoms with E-state index in [-0.39, 0.29) is 11.5 Å². The Balaban J connectivity index is 1.93. The highest BCUT2D eigenvalue weighted by molar-refractivity contribution is 7.13. The predicted molar refractivity (Wildman–Crippen MR) is 83.9 cm³/mol. The first-order valence-electron chi connectivity index (χ1n) is 6.24. The summed E-state index contributed by atoms with van der Waals surface area (Å²) in [6.07, 6.45) is 1.53. The molecule has 0 aliphatic heterocycles. The van der Waals surface area contributed by atoms with E-state index in [0.29, 0.717) is 0 Å². The molecule has 2 aromatic heterocycles. The van der Waals surface area contributed by atoms with Crippen LogP contribution in [-0.2, 0) is 0 Å². The molecule has 0 atom stereocenters. The minimum absolute atomic E-state index is 0.0426. The van der Waals surface area contributed by atoms with E-state index in [4.69, 9.17) is 0 Å². The number of thiophene rings is 1. The van der Waals surface area contributed by atoms with Crippen LogP contribution in [0.2, 0.25) is 0 Å². The normalized spacial score (nSPS) is 10.3. The predicted octanol–water partition coefficient (Wildman–Crippen LogP) is 4.46. The average Bonchev–Trinajstić information content (AvgIpc) is 3.02. The highest BCUT2D eigenvalue weighted by atomic mass is 32.1. The van der Waals surface area contributed by atoms with E-state index in [0.717, 1.165) is 16.1 Å². The Morgan fingerprint density at radius 3 is 2.81 bits per heavy atom. The number of pyridine rings is 1. The summed E-state index contributed by atoms with van der Waals surface area (Å²) in [6.45, 7) is 0. The van der Waals surface area contributed by atoms with Crippen LogP contribution in [0.5, 0.6) is 0 Å². The molecule has 1 N–H and O–H groups in total. The number of rotatable bonds is 4. The SMILES string of the molecule is O=[N+]([O-])c1cccnc1Nc1cccc(-c2cccs2)c1. The lowest BCUT2D eigenvalue weighted by molar-refractivity contribution is -0.384. The molecule has 2 heterocycles. The summed E-state index contributed by atoms with van der Waals surface area (Å²) in [4.78, 5) is 15.7. The molecule has 3 aromatic rings. The largest absolute Gasteiger partial charge is 0.334 e. The van der Waals surface area contributed by atoms with E-state index >= 15 is 0 Å². The van der Waals surface area contributed by atoms with Crippen LogP contribution in [0.4, 0.5) is 17.2 Å². The van der Waals surface area contributed by atoms with E-state index in [1.54, 1.807) is 17.4 Å². The van der Waals surface area contributed by atoms with Crippen LogP contribution in [0.15, 0.2) is 60.1 Å². The van der Waals surface area contributed by atoms with E-state index in [2.05, 4.69) is 10.3 Å². The average molecular weight is 297 g/mol. The first kappa shape index (κ1) is 13.3. The molecule has 0 saturated heterocycles. The molecule has 3 rings (SSSR count). The molecule has 0 amide bonds. The third-order valence-electron chi connectivity index (χ3n) is 2.91. The van der Waals surface area contributed by atoms with E-state index in [1.807, 2.05) is 41.8 Å². The lowest BCUT2D eigenvalue weighted by Crippen LogP contribution is -1.99. The third kappa shape index (κ3) is 2.90. The van der Waals surface area contributed by atoms with Gasteiger partial charge in [-0.1, -0.05) is 18.2 Å². The summed E-state index contributed by atoms with van der Waals surface area (Å²) < 4.78 is 0. The topological polar surface area (TPSA) is 68.1 Å². The maximum Gasteiger partial charge on any atom is 0.311 e. The van der Waals surface area contributed by atoms with E-state index in [9.17, 15) is 10.1 Å². The third-order valence-corrected chi connectivity index (χ3v) is 3.83. The van der Waals surface area contributed by atoms with Gasteiger partial charge in [0, 0.05) is 22.8 Å². The van der Waals surface area contributed by atoms with Crippen molar-refractivity contribution in [3.05, 3.63) is 70.2 Å². The molecule has 0 fully saturated rings.